The lowest BCUT2D eigenvalue weighted by Crippen LogP contribution is -2.25. The van der Waals surface area contributed by atoms with Crippen LogP contribution < -0.4 is 11.1 Å². The Morgan fingerprint density at radius 1 is 1.10 bits per heavy atom. The first-order valence-electron chi connectivity index (χ1n) is 10.1. The Labute approximate surface area is 180 Å². The zero-order valence-electron chi connectivity index (χ0n) is 17.4. The maximum absolute atomic E-state index is 13.0. The summed E-state index contributed by atoms with van der Waals surface area (Å²) in [5.74, 6) is -0.852. The number of halogens is 1. The number of carbonyl (C=O) groups is 2. The van der Waals surface area contributed by atoms with E-state index in [1.54, 1.807) is 36.4 Å². The number of nitrogens with two attached hydrogens (primary N) is 1. The van der Waals surface area contributed by atoms with Crippen LogP contribution in [0.3, 0.4) is 0 Å². The highest BCUT2D eigenvalue weighted by Gasteiger charge is 2.08. The lowest BCUT2D eigenvalue weighted by Gasteiger charge is -2.16. The van der Waals surface area contributed by atoms with Crippen LogP contribution in [0, 0.1) is 5.82 Å². The summed E-state index contributed by atoms with van der Waals surface area (Å²) < 4.78 is 13.0. The highest BCUT2D eigenvalue weighted by atomic mass is 19.1. The van der Waals surface area contributed by atoms with E-state index in [1.807, 2.05) is 13.1 Å². The van der Waals surface area contributed by atoms with Gasteiger partial charge in [-0.15, -0.1) is 0 Å². The Morgan fingerprint density at radius 3 is 2.48 bits per heavy atom. The Morgan fingerprint density at radius 2 is 1.81 bits per heavy atom. The summed E-state index contributed by atoms with van der Waals surface area (Å²) in [4.78, 5) is 25.3. The molecule has 3 rings (SSSR count). The van der Waals surface area contributed by atoms with Gasteiger partial charge in [0.2, 0.25) is 11.8 Å². The summed E-state index contributed by atoms with van der Waals surface area (Å²) in [6, 6.07) is 14.7. The number of nitrogens with one attached hydrogen (secondary N) is 2. The van der Waals surface area contributed by atoms with Crippen molar-refractivity contribution in [3.63, 3.8) is 0 Å². The van der Waals surface area contributed by atoms with E-state index in [-0.39, 0.29) is 11.7 Å². The molecule has 7 nitrogen and oxygen atoms in total. The highest BCUT2D eigenvalue weighted by molar-refractivity contribution is 5.94. The van der Waals surface area contributed by atoms with Crippen LogP contribution in [0.15, 0.2) is 54.6 Å². The summed E-state index contributed by atoms with van der Waals surface area (Å²) in [5, 5.41) is 10.1. The molecule has 1 heterocycles. The van der Waals surface area contributed by atoms with Gasteiger partial charge in [0.1, 0.15) is 5.82 Å². The molecule has 0 saturated heterocycles. The highest BCUT2D eigenvalue weighted by Crippen LogP contribution is 2.18. The van der Waals surface area contributed by atoms with Crippen LogP contribution in [0.4, 0.5) is 10.1 Å². The minimum atomic E-state index is -0.499. The molecule has 0 radical (unpaired) electrons. The molecule has 2 aromatic carbocycles. The SMILES string of the molecule is CN(CCCc1cc(-c2ccc(F)cc2)n[nH]1)CCC(=O)Nc1ccc(C(N)=O)cc1. The number of primary amides is 1. The number of rotatable bonds is 10. The van der Waals surface area contributed by atoms with Gasteiger partial charge in [-0.25, -0.2) is 4.39 Å². The van der Waals surface area contributed by atoms with Crippen LogP contribution in [0.2, 0.25) is 0 Å². The quantitative estimate of drug-likeness (QED) is 0.466. The molecule has 0 aliphatic carbocycles. The molecule has 4 N–H and O–H groups in total. The molecule has 0 spiro atoms. The summed E-state index contributed by atoms with van der Waals surface area (Å²) in [6.07, 6.45) is 2.11. The van der Waals surface area contributed by atoms with Crippen molar-refractivity contribution >= 4 is 17.5 Å². The molecule has 0 aliphatic heterocycles. The van der Waals surface area contributed by atoms with Crippen molar-refractivity contribution in [1.29, 1.82) is 0 Å². The predicted molar refractivity (Wildman–Crippen MR) is 118 cm³/mol. The molecule has 31 heavy (non-hydrogen) atoms. The fourth-order valence-corrected chi connectivity index (χ4v) is 3.14. The average molecular weight is 423 g/mol. The normalized spacial score (nSPS) is 10.9. The standard InChI is InChI=1S/C23H26FN5O2/c1-29(14-12-22(30)26-19-10-6-17(7-11-19)23(25)31)13-2-3-20-15-21(28-27-20)16-4-8-18(24)9-5-16/h4-11,15H,2-3,12-14H2,1H3,(H2,25,31)(H,26,30)(H,27,28). The molecule has 1 aromatic heterocycles. The second kappa shape index (κ2) is 10.5. The number of carbonyl (C=O) groups excluding carboxylic acids is 2. The molecule has 0 unspecified atom stereocenters. The van der Waals surface area contributed by atoms with E-state index in [4.69, 9.17) is 5.73 Å². The number of aryl methyl sites for hydroxylation is 1. The lowest BCUT2D eigenvalue weighted by atomic mass is 10.1. The van der Waals surface area contributed by atoms with Crippen LogP contribution >= 0.6 is 0 Å². The predicted octanol–water partition coefficient (Wildman–Crippen LogP) is 3.21. The van der Waals surface area contributed by atoms with Crippen LogP contribution in [-0.2, 0) is 11.2 Å². The third-order valence-electron chi connectivity index (χ3n) is 4.93. The van der Waals surface area contributed by atoms with Gasteiger partial charge in [0.15, 0.2) is 0 Å². The maximum atomic E-state index is 13.0. The first-order valence-corrected chi connectivity index (χ1v) is 10.1. The molecular formula is C23H26FN5O2. The van der Waals surface area contributed by atoms with Gasteiger partial charge in [0, 0.05) is 35.5 Å². The number of benzene rings is 2. The molecular weight excluding hydrogens is 397 g/mol. The van der Waals surface area contributed by atoms with Crippen LogP contribution in [0.5, 0.6) is 0 Å². The molecule has 8 heteroatoms. The molecule has 162 valence electrons. The summed E-state index contributed by atoms with van der Waals surface area (Å²) in [7, 11) is 1.98. The second-order valence-corrected chi connectivity index (χ2v) is 7.43. The van der Waals surface area contributed by atoms with E-state index in [1.165, 1.54) is 12.1 Å². The van der Waals surface area contributed by atoms with Gasteiger partial charge >= 0.3 is 0 Å². The van der Waals surface area contributed by atoms with Crippen LogP contribution in [0.25, 0.3) is 11.3 Å². The first-order chi connectivity index (χ1) is 14.9. The van der Waals surface area contributed by atoms with Crippen LogP contribution in [0.1, 0.15) is 28.9 Å². The van der Waals surface area contributed by atoms with E-state index in [0.717, 1.165) is 36.3 Å². The zero-order valence-corrected chi connectivity index (χ0v) is 17.4. The second-order valence-electron chi connectivity index (χ2n) is 7.43. The summed E-state index contributed by atoms with van der Waals surface area (Å²) in [6.45, 7) is 1.47. The number of aromatic nitrogens is 2. The summed E-state index contributed by atoms with van der Waals surface area (Å²) >= 11 is 0. The van der Waals surface area contributed by atoms with Gasteiger partial charge in [0.05, 0.1) is 5.69 Å². The largest absolute Gasteiger partial charge is 0.366 e. The number of nitrogens with zero attached hydrogens (tertiary/aromatic N) is 2. The third-order valence-corrected chi connectivity index (χ3v) is 4.93. The molecule has 0 fully saturated rings. The fourth-order valence-electron chi connectivity index (χ4n) is 3.14. The third kappa shape index (κ3) is 6.75. The number of anilines is 1. The number of aromatic amines is 1. The molecule has 0 bridgehead atoms. The Hall–Kier alpha value is -3.52. The minimum absolute atomic E-state index is 0.0869. The van der Waals surface area contributed by atoms with Gasteiger partial charge in [-0.3, -0.25) is 14.7 Å². The smallest absolute Gasteiger partial charge is 0.248 e. The van der Waals surface area contributed by atoms with E-state index in [9.17, 15) is 14.0 Å². The van der Waals surface area contributed by atoms with E-state index in [2.05, 4.69) is 20.4 Å². The van der Waals surface area contributed by atoms with Crippen molar-refractivity contribution in [2.75, 3.05) is 25.5 Å². The van der Waals surface area contributed by atoms with Crippen molar-refractivity contribution in [1.82, 2.24) is 15.1 Å². The molecule has 3 aromatic rings. The van der Waals surface area contributed by atoms with Crippen molar-refractivity contribution in [2.45, 2.75) is 19.3 Å². The van der Waals surface area contributed by atoms with Gasteiger partial charge < -0.3 is 16.0 Å². The molecule has 0 aliphatic rings. The van der Waals surface area contributed by atoms with E-state index in [0.29, 0.717) is 24.2 Å². The Kier molecular flexibility index (Phi) is 7.50. The molecule has 0 saturated carbocycles. The monoisotopic (exact) mass is 423 g/mol. The van der Waals surface area contributed by atoms with E-state index < -0.39 is 5.91 Å². The number of H-pyrrole nitrogens is 1. The number of amides is 2. The van der Waals surface area contributed by atoms with Crippen LogP contribution in [-0.4, -0.2) is 47.0 Å². The minimum Gasteiger partial charge on any atom is -0.366 e. The van der Waals surface area contributed by atoms with Crippen molar-refractivity contribution in [2.24, 2.45) is 5.73 Å². The topological polar surface area (TPSA) is 104 Å². The Balaban J connectivity index is 1.36. The van der Waals surface area contributed by atoms with Crippen molar-refractivity contribution in [3.05, 3.63) is 71.7 Å². The van der Waals surface area contributed by atoms with E-state index >= 15 is 0 Å². The molecule has 0 atom stereocenters. The fraction of sp³-hybridized carbons (Fsp3) is 0.261. The van der Waals surface area contributed by atoms with Crippen molar-refractivity contribution in [3.8, 4) is 11.3 Å². The summed E-state index contributed by atoms with van der Waals surface area (Å²) in [5.41, 5.74) is 8.93. The lowest BCUT2D eigenvalue weighted by molar-refractivity contribution is -0.116. The number of hydrogen-bond donors (Lipinski definition) is 3. The average Bonchev–Trinajstić information content (AvgIpc) is 3.22. The number of hydrogen-bond acceptors (Lipinski definition) is 4. The van der Waals surface area contributed by atoms with Gasteiger partial charge in [-0.2, -0.15) is 5.10 Å². The maximum Gasteiger partial charge on any atom is 0.248 e. The Bertz CT molecular complexity index is 1020. The molecule has 2 amide bonds. The van der Waals surface area contributed by atoms with Gasteiger partial charge in [-0.1, -0.05) is 0 Å². The van der Waals surface area contributed by atoms with Crippen molar-refractivity contribution < 1.29 is 14.0 Å². The first kappa shape index (κ1) is 22.2. The van der Waals surface area contributed by atoms with Gasteiger partial charge in [0.25, 0.3) is 0 Å². The van der Waals surface area contributed by atoms with Gasteiger partial charge in [-0.05, 0) is 81.0 Å². The zero-order chi connectivity index (χ0) is 22.2.